The summed E-state index contributed by atoms with van der Waals surface area (Å²) < 4.78 is 0.741. The highest BCUT2D eigenvalue weighted by Gasteiger charge is 2.54. The van der Waals surface area contributed by atoms with Crippen molar-refractivity contribution in [1.29, 1.82) is 5.26 Å². The van der Waals surface area contributed by atoms with Crippen LogP contribution in [0.2, 0.25) is 0 Å². The van der Waals surface area contributed by atoms with Gasteiger partial charge in [-0.3, -0.25) is 9.69 Å². The van der Waals surface area contributed by atoms with E-state index in [1.807, 2.05) is 13.0 Å². The van der Waals surface area contributed by atoms with E-state index in [9.17, 15) is 19.5 Å². The van der Waals surface area contributed by atoms with Gasteiger partial charge in [0.25, 0.3) is 5.91 Å². The Bertz CT molecular complexity index is 879. The second kappa shape index (κ2) is 8.80. The number of β-lactam (4-membered cyclic amide) rings is 1. The number of carbonyl (C=O) groups is 3. The molecule has 0 radical (unpaired) electrons. The fourth-order valence-corrected chi connectivity index (χ4v) is 6.00. The number of aliphatic carboxylic acids is 1. The predicted molar refractivity (Wildman–Crippen MR) is 104 cm³/mol. The van der Waals surface area contributed by atoms with Crippen molar-refractivity contribution in [3.05, 3.63) is 16.3 Å². The molecule has 1 saturated heterocycles. The van der Waals surface area contributed by atoms with Crippen molar-refractivity contribution in [1.82, 2.24) is 25.7 Å². The number of fused-ring (bicyclic) bond motifs is 1. The fraction of sp³-hybridized carbons (Fsp3) is 0.467. The van der Waals surface area contributed by atoms with Crippen LogP contribution in [0.5, 0.6) is 0 Å². The lowest BCUT2D eigenvalue weighted by atomic mass is 10.0. The molecule has 2 aliphatic rings. The van der Waals surface area contributed by atoms with Gasteiger partial charge >= 0.3 is 12.0 Å². The van der Waals surface area contributed by atoms with Gasteiger partial charge in [-0.15, -0.1) is 22.0 Å². The number of carbonyl (C=O) groups excluding carboxylic acids is 2. The first-order valence-corrected chi connectivity index (χ1v) is 11.0. The first-order chi connectivity index (χ1) is 13.4. The Hall–Kier alpha value is -2.30. The number of hydrogen-bond acceptors (Lipinski definition) is 9. The minimum Gasteiger partial charge on any atom is -0.477 e. The second-order valence-corrected chi connectivity index (χ2v) is 9.34. The molecule has 0 aliphatic carbocycles. The Labute approximate surface area is 172 Å². The predicted octanol–water partition coefficient (Wildman–Crippen LogP) is 0.774. The van der Waals surface area contributed by atoms with Crippen molar-refractivity contribution >= 4 is 52.8 Å². The molecule has 1 aromatic rings. The maximum Gasteiger partial charge on any atom is 0.352 e. The van der Waals surface area contributed by atoms with Gasteiger partial charge in [0.15, 0.2) is 4.34 Å². The Morgan fingerprint density at radius 1 is 1.46 bits per heavy atom. The minimum absolute atomic E-state index is 0.0228. The SMILES string of the molecule is Cc1nnc(SCC2=C(C(=O)O)N3C(=O)C(NC(=O)NCCC#N)[C@@H]3SC2)s1. The first-order valence-electron chi connectivity index (χ1n) is 8.16. The van der Waals surface area contributed by atoms with Crippen molar-refractivity contribution in [2.75, 3.05) is 18.1 Å². The van der Waals surface area contributed by atoms with Gasteiger partial charge in [0.1, 0.15) is 22.1 Å². The van der Waals surface area contributed by atoms with Crippen molar-refractivity contribution in [2.24, 2.45) is 0 Å². The number of nitriles is 1. The molecule has 3 heterocycles. The number of nitrogens with one attached hydrogen (secondary N) is 2. The zero-order chi connectivity index (χ0) is 20.3. The second-order valence-electron chi connectivity index (χ2n) is 5.83. The number of rotatable bonds is 7. The van der Waals surface area contributed by atoms with E-state index in [0.29, 0.717) is 17.1 Å². The van der Waals surface area contributed by atoms with Gasteiger partial charge < -0.3 is 15.7 Å². The van der Waals surface area contributed by atoms with Gasteiger partial charge in [0.05, 0.1) is 12.5 Å². The highest BCUT2D eigenvalue weighted by atomic mass is 32.2. The van der Waals surface area contributed by atoms with Crippen LogP contribution in [0, 0.1) is 18.3 Å². The summed E-state index contributed by atoms with van der Waals surface area (Å²) in [6, 6.07) is 0.560. The molecule has 10 nitrogen and oxygen atoms in total. The molecule has 2 atom stereocenters. The molecule has 148 valence electrons. The topological polar surface area (TPSA) is 148 Å². The summed E-state index contributed by atoms with van der Waals surface area (Å²) >= 11 is 4.22. The van der Waals surface area contributed by atoms with Crippen molar-refractivity contribution in [3.63, 3.8) is 0 Å². The highest BCUT2D eigenvalue weighted by molar-refractivity contribution is 8.01. The van der Waals surface area contributed by atoms with E-state index < -0.39 is 29.3 Å². The van der Waals surface area contributed by atoms with Crippen LogP contribution in [0.15, 0.2) is 15.6 Å². The highest BCUT2D eigenvalue weighted by Crippen LogP contribution is 2.41. The van der Waals surface area contributed by atoms with Gasteiger partial charge in [-0.1, -0.05) is 23.1 Å². The molecule has 2 aliphatic heterocycles. The normalized spacial score (nSPS) is 20.9. The van der Waals surface area contributed by atoms with Gasteiger partial charge in [-0.25, -0.2) is 9.59 Å². The molecular weight excluding hydrogens is 424 g/mol. The van der Waals surface area contributed by atoms with Crippen LogP contribution >= 0.6 is 34.9 Å². The lowest BCUT2D eigenvalue weighted by molar-refractivity contribution is -0.148. The van der Waals surface area contributed by atoms with Crippen LogP contribution in [-0.4, -0.2) is 67.6 Å². The molecule has 1 fully saturated rings. The molecule has 3 N–H and O–H groups in total. The van der Waals surface area contributed by atoms with Crippen LogP contribution in [-0.2, 0) is 9.59 Å². The largest absolute Gasteiger partial charge is 0.477 e. The third kappa shape index (κ3) is 4.23. The van der Waals surface area contributed by atoms with E-state index in [2.05, 4.69) is 20.8 Å². The third-order valence-corrected chi connectivity index (χ3v) is 7.33. The van der Waals surface area contributed by atoms with Gasteiger partial charge in [0.2, 0.25) is 0 Å². The molecule has 3 rings (SSSR count). The van der Waals surface area contributed by atoms with Crippen LogP contribution in [0.1, 0.15) is 11.4 Å². The first kappa shape index (κ1) is 20.4. The molecule has 3 amide bonds. The Morgan fingerprint density at radius 3 is 2.89 bits per heavy atom. The van der Waals surface area contributed by atoms with Crippen LogP contribution in [0.25, 0.3) is 0 Å². The summed E-state index contributed by atoms with van der Waals surface area (Å²) in [5.41, 5.74) is 0.613. The Morgan fingerprint density at radius 2 is 2.25 bits per heavy atom. The summed E-state index contributed by atoms with van der Waals surface area (Å²) in [7, 11) is 0. The van der Waals surface area contributed by atoms with Crippen LogP contribution in [0.3, 0.4) is 0 Å². The number of nitrogens with zero attached hydrogens (tertiary/aromatic N) is 4. The summed E-state index contributed by atoms with van der Waals surface area (Å²) in [6.45, 7) is 2.02. The molecule has 1 unspecified atom stereocenters. The summed E-state index contributed by atoms with van der Waals surface area (Å²) in [6.07, 6.45) is 0.164. The van der Waals surface area contributed by atoms with Crippen LogP contribution < -0.4 is 10.6 Å². The number of aryl methyl sites for hydroxylation is 1. The average molecular weight is 441 g/mol. The molecule has 0 saturated carbocycles. The number of aromatic nitrogens is 2. The number of carboxylic acids is 1. The van der Waals surface area contributed by atoms with Crippen LogP contribution in [0.4, 0.5) is 4.79 Å². The smallest absolute Gasteiger partial charge is 0.352 e. The quantitative estimate of drug-likeness (QED) is 0.317. The molecular formula is C15H16N6O4S3. The van der Waals surface area contributed by atoms with E-state index in [1.54, 1.807) is 0 Å². The minimum atomic E-state index is -1.17. The zero-order valence-corrected chi connectivity index (χ0v) is 17.1. The maximum atomic E-state index is 12.5. The third-order valence-electron chi connectivity index (χ3n) is 3.94. The fourth-order valence-electron chi connectivity index (χ4n) is 2.70. The zero-order valence-electron chi connectivity index (χ0n) is 14.7. The van der Waals surface area contributed by atoms with E-state index in [4.69, 9.17) is 5.26 Å². The molecule has 0 aromatic carbocycles. The summed E-state index contributed by atoms with van der Waals surface area (Å²) in [5, 5.41) is 31.5. The molecule has 0 spiro atoms. The van der Waals surface area contributed by atoms with E-state index in [-0.39, 0.29) is 18.7 Å². The molecule has 28 heavy (non-hydrogen) atoms. The monoisotopic (exact) mass is 440 g/mol. The summed E-state index contributed by atoms with van der Waals surface area (Å²) in [4.78, 5) is 37.3. The lowest BCUT2D eigenvalue weighted by Crippen LogP contribution is -2.71. The van der Waals surface area contributed by atoms with Gasteiger partial charge in [0, 0.05) is 18.1 Å². The number of carboxylic acid groups (broad SMARTS) is 1. The van der Waals surface area contributed by atoms with E-state index >= 15 is 0 Å². The molecule has 1 aromatic heterocycles. The van der Waals surface area contributed by atoms with Gasteiger partial charge in [-0.05, 0) is 12.5 Å². The van der Waals surface area contributed by atoms with E-state index in [0.717, 1.165) is 9.35 Å². The summed E-state index contributed by atoms with van der Waals surface area (Å²) in [5.74, 6) is -0.791. The van der Waals surface area contributed by atoms with Gasteiger partial charge in [-0.2, -0.15) is 5.26 Å². The molecule has 13 heteroatoms. The standard InChI is InChI=1S/C15H16N6O4S3/c1-7-19-20-15(28-7)27-6-8-5-26-12-9(18-14(25)17-4-2-3-16)11(22)21(12)10(8)13(23)24/h9,12H,2,4-6H2,1H3,(H,23,24)(H2,17,18,25)/t9?,12-/m0/s1. The Balaban J connectivity index is 1.66. The van der Waals surface area contributed by atoms with Crippen molar-refractivity contribution in [2.45, 2.75) is 29.1 Å². The number of thioether (sulfide) groups is 2. The maximum absolute atomic E-state index is 12.5. The lowest BCUT2D eigenvalue weighted by Gasteiger charge is -2.49. The average Bonchev–Trinajstić information content (AvgIpc) is 3.08. The van der Waals surface area contributed by atoms with Crippen molar-refractivity contribution in [3.8, 4) is 6.07 Å². The number of urea groups is 1. The Kier molecular flexibility index (Phi) is 6.42. The van der Waals surface area contributed by atoms with E-state index in [1.165, 1.54) is 39.8 Å². The number of amides is 3. The number of hydrogen-bond donors (Lipinski definition) is 3. The molecule has 0 bridgehead atoms. The van der Waals surface area contributed by atoms with Crippen molar-refractivity contribution < 1.29 is 19.5 Å².